The molecule has 53 heavy (non-hydrogen) atoms. The number of rotatable bonds is 17. The third-order valence-corrected chi connectivity index (χ3v) is 13.9. The number of aliphatic hydroxyl groups is 3. The van der Waals surface area contributed by atoms with Crippen LogP contribution in [0.5, 0.6) is 0 Å². The van der Waals surface area contributed by atoms with E-state index in [1.807, 2.05) is 34.6 Å². The van der Waals surface area contributed by atoms with Crippen LogP contribution < -0.4 is 0 Å². The number of carbonyl (C=O) groups excluding carboxylic acids is 3. The first-order valence-corrected chi connectivity index (χ1v) is 20.3. The normalized spacial score (nSPS) is 38.3. The van der Waals surface area contributed by atoms with E-state index < -0.39 is 87.6 Å². The van der Waals surface area contributed by atoms with Gasteiger partial charge in [0.25, 0.3) is 0 Å². The minimum absolute atomic E-state index is 0.124. The Bertz CT molecular complexity index is 1450. The van der Waals surface area contributed by atoms with E-state index in [-0.39, 0.29) is 12.8 Å². The number of hydrogen-bond acceptors (Lipinski definition) is 11. The van der Waals surface area contributed by atoms with E-state index in [0.717, 1.165) is 64.2 Å². The molecule has 3 fully saturated rings. The van der Waals surface area contributed by atoms with Crippen molar-refractivity contribution < 1.29 is 43.9 Å². The summed E-state index contributed by atoms with van der Waals surface area (Å²) in [6.45, 7) is 14.5. The second-order valence-corrected chi connectivity index (χ2v) is 18.2. The lowest BCUT2D eigenvalue weighted by Gasteiger charge is -2.53. The van der Waals surface area contributed by atoms with Crippen LogP contribution in [-0.2, 0) is 28.6 Å². The molecule has 5 rings (SSSR count). The van der Waals surface area contributed by atoms with Crippen molar-refractivity contribution in [1.29, 1.82) is 0 Å². The fraction of sp³-hybridized carbons (Fsp3) is 0.833. The molecule has 300 valence electrons. The average Bonchev–Trinajstić information content (AvgIpc) is 3.39. The van der Waals surface area contributed by atoms with E-state index in [1.54, 1.807) is 26.0 Å². The molecule has 1 aliphatic heterocycles. The number of unbranched alkanes of at least 4 members (excludes halogenated alkanes) is 9. The molecule has 9 atom stereocenters. The van der Waals surface area contributed by atoms with Crippen LogP contribution in [0.2, 0.25) is 0 Å². The van der Waals surface area contributed by atoms with Gasteiger partial charge in [0.1, 0.15) is 17.4 Å². The molecule has 11 heteroatoms. The maximum Gasteiger partial charge on any atom is 0.306 e. The third kappa shape index (κ3) is 7.09. The highest BCUT2D eigenvalue weighted by Crippen LogP contribution is 2.77. The highest BCUT2D eigenvalue weighted by atomic mass is 16.6. The first-order valence-electron chi connectivity index (χ1n) is 20.3. The summed E-state index contributed by atoms with van der Waals surface area (Å²) >= 11 is 0. The summed E-state index contributed by atoms with van der Waals surface area (Å²) in [6, 6.07) is 0. The number of ether oxygens (including phenoxy) is 3. The largest absolute Gasteiger partial charge is 0.783 e. The van der Waals surface area contributed by atoms with Crippen molar-refractivity contribution >= 4 is 17.7 Å². The Labute approximate surface area is 316 Å². The van der Waals surface area contributed by atoms with Crippen LogP contribution in [0.1, 0.15) is 145 Å². The molecule has 1 heterocycles. The van der Waals surface area contributed by atoms with Gasteiger partial charge in [0.05, 0.1) is 18.8 Å². The fourth-order valence-electron chi connectivity index (χ4n) is 10.9. The summed E-state index contributed by atoms with van der Waals surface area (Å²) in [5, 5.41) is 48.9. The monoisotopic (exact) mass is 744 g/mol. The first kappa shape index (κ1) is 42.0. The van der Waals surface area contributed by atoms with Crippen molar-refractivity contribution in [2.75, 3.05) is 13.2 Å². The molecule has 0 bridgehead atoms. The van der Waals surface area contributed by atoms with Crippen LogP contribution in [0.4, 0.5) is 0 Å². The lowest BCUT2D eigenvalue weighted by Crippen LogP contribution is -2.66. The number of Topliss-reactive ketones (excluding diaryl/α,β-unsaturated/α-hetero) is 1. The average molecular weight is 745 g/mol. The van der Waals surface area contributed by atoms with Crippen LogP contribution in [-0.4, -0.2) is 85.5 Å². The summed E-state index contributed by atoms with van der Waals surface area (Å²) in [5.74, 6) is -4.45. The minimum atomic E-state index is -1.95. The Kier molecular flexibility index (Phi) is 12.2. The third-order valence-electron chi connectivity index (χ3n) is 13.9. The van der Waals surface area contributed by atoms with E-state index in [9.17, 15) is 34.9 Å². The van der Waals surface area contributed by atoms with Gasteiger partial charge in [0.15, 0.2) is 11.4 Å². The van der Waals surface area contributed by atoms with Gasteiger partial charge in [-0.1, -0.05) is 91.2 Å². The quantitative estimate of drug-likeness (QED) is 0.0852. The Morgan fingerprint density at radius 1 is 0.981 bits per heavy atom. The number of fused-ring (bicyclic) bond motifs is 5. The number of ketones is 1. The Hall–Kier alpha value is -2.15. The molecule has 11 nitrogen and oxygen atoms in total. The standard InChI is InChI=1S/C42H66NO10/c1-9-39(43(50)37(5,6)26-51-39)21-19-17-15-13-11-10-12-14-16-18-20-33(46)52-36-28(3)41(49)31(34-38(7,8)42(34,36)53-29(4)45)23-30(25-44)24-40(48)32(41)22-27(2)35(40)47/h22-23,28,31-32,34,36,44,48-49H,9-21,24-26H2,1-8H3/q-1/t28-,31+,32-,34-,36-,39?,40-,41-,42-/m1/s1. The van der Waals surface area contributed by atoms with Crippen LogP contribution in [0.25, 0.3) is 0 Å². The molecule has 2 saturated carbocycles. The fourth-order valence-corrected chi connectivity index (χ4v) is 10.9. The number of hydroxylamine groups is 2. The van der Waals surface area contributed by atoms with Crippen LogP contribution in [0.3, 0.4) is 0 Å². The van der Waals surface area contributed by atoms with Gasteiger partial charge in [-0.2, -0.15) is 0 Å². The van der Waals surface area contributed by atoms with Crippen molar-refractivity contribution in [2.24, 2.45) is 29.1 Å². The molecule has 0 aromatic rings. The molecule has 1 unspecified atom stereocenters. The van der Waals surface area contributed by atoms with Crippen molar-refractivity contribution in [1.82, 2.24) is 5.06 Å². The molecule has 0 spiro atoms. The molecule has 0 aromatic carbocycles. The summed E-state index contributed by atoms with van der Waals surface area (Å²) in [4.78, 5) is 39.4. The lowest BCUT2D eigenvalue weighted by atomic mass is 9.59. The van der Waals surface area contributed by atoms with Crippen LogP contribution in [0.15, 0.2) is 23.3 Å². The SMILES string of the molecule is CCC1(CCCCCCCCCCCCC(=O)O[C@@H]2[C@@H](C)[C@@]3(O)[C@@H](C=C(CO)C[C@]4(O)C(=O)C(C)=C[C@@H]34)[C@@H]3C(C)(C)[C@]23OC(C)=O)OCC(C)(C)N1[O-]. The van der Waals surface area contributed by atoms with E-state index in [0.29, 0.717) is 30.6 Å². The van der Waals surface area contributed by atoms with Crippen molar-refractivity contribution in [3.8, 4) is 0 Å². The molecular weight excluding hydrogens is 678 g/mol. The van der Waals surface area contributed by atoms with Gasteiger partial charge in [-0.25, -0.2) is 0 Å². The predicted molar refractivity (Wildman–Crippen MR) is 200 cm³/mol. The highest BCUT2D eigenvalue weighted by molar-refractivity contribution is 6.04. The molecule has 1 saturated heterocycles. The summed E-state index contributed by atoms with van der Waals surface area (Å²) in [7, 11) is 0. The maximum atomic E-state index is 13.5. The molecule has 3 N–H and O–H groups in total. The number of hydrogen-bond donors (Lipinski definition) is 3. The second kappa shape index (κ2) is 15.4. The Balaban J connectivity index is 1.12. The summed E-state index contributed by atoms with van der Waals surface area (Å²) < 4.78 is 18.3. The van der Waals surface area contributed by atoms with Gasteiger partial charge in [-0.05, 0) is 57.6 Å². The van der Waals surface area contributed by atoms with Gasteiger partial charge in [0.2, 0.25) is 0 Å². The molecule has 0 amide bonds. The zero-order valence-electron chi connectivity index (χ0n) is 33.5. The molecular formula is C42H66NO10-. The zero-order chi connectivity index (χ0) is 39.2. The van der Waals surface area contributed by atoms with E-state index in [2.05, 4.69) is 0 Å². The topological polar surface area (TPSA) is 166 Å². The predicted octanol–water partition coefficient (Wildman–Crippen LogP) is 6.45. The molecule has 5 aliphatic rings. The number of esters is 2. The zero-order valence-corrected chi connectivity index (χ0v) is 33.5. The van der Waals surface area contributed by atoms with Gasteiger partial charge >= 0.3 is 11.9 Å². The van der Waals surface area contributed by atoms with Crippen LogP contribution >= 0.6 is 0 Å². The number of aliphatic hydroxyl groups excluding tert-OH is 1. The van der Waals surface area contributed by atoms with Gasteiger partial charge < -0.3 is 39.8 Å². The van der Waals surface area contributed by atoms with E-state index in [1.165, 1.54) is 12.0 Å². The summed E-state index contributed by atoms with van der Waals surface area (Å²) in [6.07, 6.45) is 14.2. The maximum absolute atomic E-state index is 13.5. The first-order chi connectivity index (χ1) is 24.8. The molecule has 0 radical (unpaired) electrons. The van der Waals surface area contributed by atoms with Crippen molar-refractivity contribution in [3.63, 3.8) is 0 Å². The molecule has 4 aliphatic carbocycles. The second-order valence-electron chi connectivity index (χ2n) is 18.2. The van der Waals surface area contributed by atoms with Gasteiger partial charge in [0, 0.05) is 54.4 Å². The number of carbonyl (C=O) groups is 3. The van der Waals surface area contributed by atoms with Gasteiger partial charge in [-0.3, -0.25) is 14.4 Å². The highest BCUT2D eigenvalue weighted by Gasteiger charge is 2.87. The van der Waals surface area contributed by atoms with Crippen molar-refractivity contribution in [3.05, 3.63) is 28.5 Å². The number of nitrogens with zero attached hydrogens (tertiary/aromatic N) is 1. The van der Waals surface area contributed by atoms with Crippen molar-refractivity contribution in [2.45, 2.75) is 179 Å². The minimum Gasteiger partial charge on any atom is -0.783 e. The Morgan fingerprint density at radius 3 is 2.09 bits per heavy atom. The lowest BCUT2D eigenvalue weighted by molar-refractivity contribution is -0.228. The Morgan fingerprint density at radius 2 is 1.57 bits per heavy atom. The van der Waals surface area contributed by atoms with Gasteiger partial charge in [-0.15, -0.1) is 0 Å². The smallest absolute Gasteiger partial charge is 0.306 e. The molecule has 0 aromatic heterocycles. The summed E-state index contributed by atoms with van der Waals surface area (Å²) in [5.41, 5.74) is -5.98. The van der Waals surface area contributed by atoms with E-state index in [4.69, 9.17) is 14.2 Å². The van der Waals surface area contributed by atoms with E-state index >= 15 is 0 Å². The van der Waals surface area contributed by atoms with Crippen LogP contribution in [0, 0.1) is 34.3 Å².